The monoisotopic (exact) mass is 550 g/mol. The number of anilines is 1. The van der Waals surface area contributed by atoms with Crippen molar-refractivity contribution in [3.63, 3.8) is 0 Å². The molecular formula is C27H23Cl2F3N2O3. The normalized spacial score (nSPS) is 23.2. The predicted molar refractivity (Wildman–Crippen MR) is 133 cm³/mol. The summed E-state index contributed by atoms with van der Waals surface area (Å²) in [5.74, 6) is -0.363. The number of Topliss-reactive ketones (excluding diaryl/α,β-unsaturated/α-hetero) is 1. The molecule has 1 aromatic heterocycles. The Balaban J connectivity index is 1.15. The molecule has 3 aromatic rings. The quantitative estimate of drug-likeness (QED) is 0.286. The molecule has 10 heteroatoms. The lowest BCUT2D eigenvalue weighted by molar-refractivity contribution is -0.0885. The highest BCUT2D eigenvalue weighted by molar-refractivity contribution is 6.39. The van der Waals surface area contributed by atoms with E-state index in [9.17, 15) is 18.0 Å². The summed E-state index contributed by atoms with van der Waals surface area (Å²) < 4.78 is 50.3. The number of carbonyl (C=O) groups excluding carboxylic acids is 1. The second-order valence-corrected chi connectivity index (χ2v) is 10.8. The van der Waals surface area contributed by atoms with Crippen molar-refractivity contribution in [2.45, 2.75) is 56.5 Å². The van der Waals surface area contributed by atoms with E-state index in [4.69, 9.17) is 32.5 Å². The molecule has 37 heavy (non-hydrogen) atoms. The van der Waals surface area contributed by atoms with E-state index in [0.29, 0.717) is 33.8 Å². The van der Waals surface area contributed by atoms with Gasteiger partial charge in [-0.1, -0.05) is 34.4 Å². The first-order valence-corrected chi connectivity index (χ1v) is 13.0. The SMILES string of the molecule is O=C(c1ccc(N2C[C@@H]3C[C@H]2C[C@H]3OCc2c(-c3c(Cl)cccc3Cl)noc2C2CC2)cc1)C(F)(F)F. The summed E-state index contributed by atoms with van der Waals surface area (Å²) in [7, 11) is 0. The highest BCUT2D eigenvalue weighted by Crippen LogP contribution is 2.47. The molecule has 0 amide bonds. The molecule has 6 rings (SSSR count). The smallest absolute Gasteiger partial charge is 0.373 e. The number of aromatic nitrogens is 1. The summed E-state index contributed by atoms with van der Waals surface area (Å²) in [6.45, 7) is 1.08. The second-order valence-electron chi connectivity index (χ2n) is 10.0. The molecule has 0 unspecified atom stereocenters. The molecule has 2 bridgehead atoms. The lowest BCUT2D eigenvalue weighted by Crippen LogP contribution is -2.38. The molecule has 3 aliphatic rings. The minimum absolute atomic E-state index is 0.0452. The predicted octanol–water partition coefficient (Wildman–Crippen LogP) is 7.45. The van der Waals surface area contributed by atoms with Crippen LogP contribution in [0.2, 0.25) is 10.0 Å². The maximum absolute atomic E-state index is 12.7. The molecule has 2 heterocycles. The first kappa shape index (κ1) is 24.8. The van der Waals surface area contributed by atoms with Gasteiger partial charge in [0.15, 0.2) is 0 Å². The van der Waals surface area contributed by atoms with E-state index < -0.39 is 12.0 Å². The van der Waals surface area contributed by atoms with Gasteiger partial charge < -0.3 is 14.2 Å². The van der Waals surface area contributed by atoms with Crippen molar-refractivity contribution in [3.05, 3.63) is 69.4 Å². The lowest BCUT2D eigenvalue weighted by Gasteiger charge is -2.33. The van der Waals surface area contributed by atoms with Crippen LogP contribution in [0.15, 0.2) is 47.0 Å². The minimum atomic E-state index is -4.88. The summed E-state index contributed by atoms with van der Waals surface area (Å²) in [4.78, 5) is 13.7. The zero-order valence-electron chi connectivity index (χ0n) is 19.6. The zero-order valence-corrected chi connectivity index (χ0v) is 21.1. The molecular weight excluding hydrogens is 528 g/mol. The van der Waals surface area contributed by atoms with Crippen molar-refractivity contribution >= 4 is 34.7 Å². The van der Waals surface area contributed by atoms with Crippen LogP contribution in [0.25, 0.3) is 11.3 Å². The van der Waals surface area contributed by atoms with Crippen molar-refractivity contribution in [2.75, 3.05) is 11.4 Å². The van der Waals surface area contributed by atoms with Gasteiger partial charge in [0.05, 0.1) is 22.8 Å². The van der Waals surface area contributed by atoms with E-state index in [-0.39, 0.29) is 23.6 Å². The van der Waals surface area contributed by atoms with E-state index in [0.717, 1.165) is 49.2 Å². The summed E-state index contributed by atoms with van der Waals surface area (Å²) in [6.07, 6.45) is -0.984. The van der Waals surface area contributed by atoms with Gasteiger partial charge in [0.1, 0.15) is 11.5 Å². The molecule has 2 aliphatic carbocycles. The third-order valence-electron chi connectivity index (χ3n) is 7.60. The summed E-state index contributed by atoms with van der Waals surface area (Å²) in [6, 6.07) is 11.2. The van der Waals surface area contributed by atoms with E-state index >= 15 is 0 Å². The number of hydrogen-bond donors (Lipinski definition) is 0. The zero-order chi connectivity index (χ0) is 25.9. The van der Waals surface area contributed by atoms with Crippen LogP contribution >= 0.6 is 23.2 Å². The standard InChI is InChI=1S/C27H23Cl2F3N2O3/c28-20-2-1-3-21(29)23(20)24-19(25(37-33-24)14-4-5-14)13-36-22-11-18-10-16(22)12-34(18)17-8-6-15(7-9-17)26(35)27(30,31)32/h1-3,6-9,14,16,18,22H,4-5,10-13H2/t16-,18-,22+/m0/s1. The van der Waals surface area contributed by atoms with Gasteiger partial charge in [-0.05, 0) is 62.1 Å². The molecule has 2 saturated carbocycles. The average molecular weight is 551 g/mol. The number of carbonyl (C=O) groups is 1. The number of benzene rings is 2. The molecule has 1 saturated heterocycles. The van der Waals surface area contributed by atoms with Crippen LogP contribution in [0.1, 0.15) is 53.3 Å². The van der Waals surface area contributed by atoms with E-state index in [1.807, 2.05) is 0 Å². The molecule has 1 aliphatic heterocycles. The maximum Gasteiger partial charge on any atom is 0.454 e. The highest BCUT2D eigenvalue weighted by Gasteiger charge is 2.46. The van der Waals surface area contributed by atoms with Crippen molar-refractivity contribution in [1.82, 2.24) is 5.16 Å². The molecule has 3 atom stereocenters. The molecule has 3 fully saturated rings. The number of ketones is 1. The van der Waals surface area contributed by atoms with Gasteiger partial charge >= 0.3 is 6.18 Å². The van der Waals surface area contributed by atoms with Crippen molar-refractivity contribution < 1.29 is 27.2 Å². The van der Waals surface area contributed by atoms with Crippen LogP contribution in [-0.4, -0.2) is 35.8 Å². The Kier molecular flexibility index (Phi) is 6.24. The minimum Gasteiger partial charge on any atom is -0.373 e. The summed E-state index contributed by atoms with van der Waals surface area (Å²) in [5.41, 5.74) is 2.62. The number of fused-ring (bicyclic) bond motifs is 2. The van der Waals surface area contributed by atoms with Crippen molar-refractivity contribution in [2.24, 2.45) is 5.92 Å². The molecule has 194 valence electrons. The lowest BCUT2D eigenvalue weighted by atomic mass is 10.0. The molecule has 0 spiro atoms. The maximum atomic E-state index is 12.7. The number of rotatable bonds is 7. The van der Waals surface area contributed by atoms with E-state index in [2.05, 4.69) is 10.1 Å². The molecule has 2 aromatic carbocycles. The summed E-state index contributed by atoms with van der Waals surface area (Å²) >= 11 is 12.9. The number of halogens is 5. The van der Waals surface area contributed by atoms with Crippen LogP contribution in [0.5, 0.6) is 0 Å². The third kappa shape index (κ3) is 4.64. The molecule has 5 nitrogen and oxygen atoms in total. The van der Waals surface area contributed by atoms with Crippen molar-refractivity contribution in [3.8, 4) is 11.3 Å². The number of piperidine rings is 1. The largest absolute Gasteiger partial charge is 0.454 e. The Morgan fingerprint density at radius 2 is 1.78 bits per heavy atom. The van der Waals surface area contributed by atoms with Gasteiger partial charge in [-0.3, -0.25) is 4.79 Å². The van der Waals surface area contributed by atoms with Gasteiger partial charge in [0.25, 0.3) is 5.78 Å². The number of hydrogen-bond acceptors (Lipinski definition) is 5. The van der Waals surface area contributed by atoms with Gasteiger partial charge in [-0.15, -0.1) is 0 Å². The number of ether oxygens (including phenoxy) is 1. The fraction of sp³-hybridized carbons (Fsp3) is 0.407. The Morgan fingerprint density at radius 1 is 1.08 bits per heavy atom. The Labute approximate surface area is 221 Å². The average Bonchev–Trinajstić information content (AvgIpc) is 3.32. The van der Waals surface area contributed by atoms with Crippen LogP contribution < -0.4 is 4.90 Å². The fourth-order valence-corrected chi connectivity index (χ4v) is 6.21. The van der Waals surface area contributed by atoms with Crippen LogP contribution in [0.3, 0.4) is 0 Å². The summed E-state index contributed by atoms with van der Waals surface area (Å²) in [5, 5.41) is 5.33. The van der Waals surface area contributed by atoms with E-state index in [1.54, 1.807) is 30.3 Å². The van der Waals surface area contributed by atoms with E-state index in [1.165, 1.54) is 12.1 Å². The van der Waals surface area contributed by atoms with Gasteiger partial charge in [0, 0.05) is 46.8 Å². The number of alkyl halides is 3. The Morgan fingerprint density at radius 3 is 2.38 bits per heavy atom. The van der Waals surface area contributed by atoms with Crippen molar-refractivity contribution in [1.29, 1.82) is 0 Å². The van der Waals surface area contributed by atoms with Gasteiger partial charge in [-0.2, -0.15) is 13.2 Å². The van der Waals surface area contributed by atoms with Crippen LogP contribution in [0.4, 0.5) is 18.9 Å². The first-order valence-electron chi connectivity index (χ1n) is 12.2. The number of nitrogens with zero attached hydrogens (tertiary/aromatic N) is 2. The first-order chi connectivity index (χ1) is 17.7. The Hall–Kier alpha value is -2.55. The van der Waals surface area contributed by atoms with Crippen LogP contribution in [-0.2, 0) is 11.3 Å². The van der Waals surface area contributed by atoms with Gasteiger partial charge in [-0.25, -0.2) is 0 Å². The molecule has 0 N–H and O–H groups in total. The highest BCUT2D eigenvalue weighted by atomic mass is 35.5. The topological polar surface area (TPSA) is 55.6 Å². The Bertz CT molecular complexity index is 1320. The third-order valence-corrected chi connectivity index (χ3v) is 8.23. The second kappa shape index (κ2) is 9.33. The van der Waals surface area contributed by atoms with Gasteiger partial charge in [0.2, 0.25) is 0 Å². The van der Waals surface area contributed by atoms with Crippen LogP contribution in [0, 0.1) is 5.92 Å². The fourth-order valence-electron chi connectivity index (χ4n) is 5.63. The molecule has 0 radical (unpaired) electrons.